The number of nitrogens with one attached hydrogen (secondary N) is 2. The zero-order valence-corrected chi connectivity index (χ0v) is 15.4. The Balaban J connectivity index is 1.89. The summed E-state index contributed by atoms with van der Waals surface area (Å²) in [7, 11) is 0. The number of hydrogen-bond acceptors (Lipinski definition) is 6. The Morgan fingerprint density at radius 2 is 1.81 bits per heavy atom. The minimum Gasteiger partial charge on any atom is -0.465 e. The number of hydrogen-bond donors (Lipinski definition) is 2. The van der Waals surface area contributed by atoms with Crippen LogP contribution in [0.15, 0.2) is 30.3 Å². The summed E-state index contributed by atoms with van der Waals surface area (Å²) in [6, 6.07) is 7.28. The molecular weight excluding hydrogens is 336 g/mol. The van der Waals surface area contributed by atoms with Gasteiger partial charge in [0.15, 0.2) is 0 Å². The van der Waals surface area contributed by atoms with Crippen molar-refractivity contribution in [3.8, 4) is 0 Å². The molecule has 1 aromatic rings. The summed E-state index contributed by atoms with van der Waals surface area (Å²) >= 11 is 0. The molecule has 1 aromatic carbocycles. The van der Waals surface area contributed by atoms with Crippen molar-refractivity contribution in [3.63, 3.8) is 0 Å². The monoisotopic (exact) mass is 362 g/mol. The lowest BCUT2D eigenvalue weighted by molar-refractivity contribution is -0.149. The van der Waals surface area contributed by atoms with Crippen LogP contribution in [0.2, 0.25) is 0 Å². The molecule has 142 valence electrons. The molecule has 1 aliphatic heterocycles. The first-order chi connectivity index (χ1) is 12.4. The fraction of sp³-hybridized carbons (Fsp3) is 0.526. The normalized spacial score (nSPS) is 19.5. The van der Waals surface area contributed by atoms with Gasteiger partial charge in [-0.2, -0.15) is 0 Å². The van der Waals surface area contributed by atoms with E-state index in [-0.39, 0.29) is 19.1 Å². The zero-order valence-electron chi connectivity index (χ0n) is 15.4. The molecule has 0 aliphatic carbocycles. The Bertz CT molecular complexity index is 632. The topological polar surface area (TPSA) is 104 Å². The van der Waals surface area contributed by atoms with Gasteiger partial charge in [0, 0.05) is 0 Å². The summed E-state index contributed by atoms with van der Waals surface area (Å²) in [5.74, 6) is -1.15. The van der Waals surface area contributed by atoms with Crippen molar-refractivity contribution >= 4 is 17.8 Å². The van der Waals surface area contributed by atoms with E-state index in [0.29, 0.717) is 6.42 Å². The summed E-state index contributed by atoms with van der Waals surface area (Å²) in [4.78, 5) is 36.3. The van der Waals surface area contributed by atoms with Gasteiger partial charge in [-0.3, -0.25) is 14.9 Å². The van der Waals surface area contributed by atoms with Crippen LogP contribution < -0.4 is 10.6 Å². The van der Waals surface area contributed by atoms with Gasteiger partial charge in [-0.15, -0.1) is 0 Å². The number of carbonyl (C=O) groups is 3. The molecule has 1 fully saturated rings. The molecule has 2 N–H and O–H groups in total. The average Bonchev–Trinajstić information content (AvgIpc) is 3.41. The predicted molar refractivity (Wildman–Crippen MR) is 95.0 cm³/mol. The highest BCUT2D eigenvalue weighted by atomic mass is 16.5. The van der Waals surface area contributed by atoms with Crippen molar-refractivity contribution in [1.29, 1.82) is 0 Å². The Morgan fingerprint density at radius 1 is 1.12 bits per heavy atom. The lowest BCUT2D eigenvalue weighted by Gasteiger charge is -2.19. The fourth-order valence-corrected chi connectivity index (χ4v) is 2.58. The standard InChI is InChI=1S/C19H26N2O5/c1-4-25-19(24)16-15(21-16)17(22)20-14(10-12(2)3)18(23)26-11-13-8-6-5-7-9-13/h5-9,12,14-16,21H,4,10-11H2,1-3H3,(H,20,22)/t14-,15?,16?/m0/s1. The van der Waals surface area contributed by atoms with Crippen LogP contribution in [0.5, 0.6) is 0 Å². The van der Waals surface area contributed by atoms with E-state index in [4.69, 9.17) is 9.47 Å². The number of amides is 1. The van der Waals surface area contributed by atoms with E-state index >= 15 is 0 Å². The van der Waals surface area contributed by atoms with Gasteiger partial charge in [0.25, 0.3) is 0 Å². The highest BCUT2D eigenvalue weighted by Gasteiger charge is 2.49. The second kappa shape index (κ2) is 9.33. The minimum absolute atomic E-state index is 0.150. The molecule has 1 amide bonds. The van der Waals surface area contributed by atoms with Gasteiger partial charge in [0.1, 0.15) is 24.7 Å². The van der Waals surface area contributed by atoms with E-state index in [0.717, 1.165) is 5.56 Å². The van der Waals surface area contributed by atoms with Crippen LogP contribution in [0, 0.1) is 5.92 Å². The maximum atomic E-state index is 12.4. The van der Waals surface area contributed by atoms with Crippen LogP contribution in [0.25, 0.3) is 0 Å². The third-order valence-electron chi connectivity index (χ3n) is 3.94. The van der Waals surface area contributed by atoms with Crippen molar-refractivity contribution in [2.24, 2.45) is 5.92 Å². The molecule has 7 nitrogen and oxygen atoms in total. The van der Waals surface area contributed by atoms with E-state index in [1.807, 2.05) is 44.2 Å². The number of benzene rings is 1. The molecule has 0 aromatic heterocycles. The van der Waals surface area contributed by atoms with Crippen molar-refractivity contribution < 1.29 is 23.9 Å². The molecule has 7 heteroatoms. The highest BCUT2D eigenvalue weighted by Crippen LogP contribution is 2.15. The van der Waals surface area contributed by atoms with Gasteiger partial charge in [-0.1, -0.05) is 44.2 Å². The van der Waals surface area contributed by atoms with Crippen LogP contribution in [0.4, 0.5) is 0 Å². The number of rotatable bonds is 9. The first-order valence-electron chi connectivity index (χ1n) is 8.86. The molecule has 2 rings (SSSR count). The van der Waals surface area contributed by atoms with Crippen LogP contribution in [-0.4, -0.2) is 42.6 Å². The van der Waals surface area contributed by atoms with Crippen LogP contribution >= 0.6 is 0 Å². The smallest absolute Gasteiger partial charge is 0.328 e. The highest BCUT2D eigenvalue weighted by molar-refractivity contribution is 5.97. The van der Waals surface area contributed by atoms with Gasteiger partial charge < -0.3 is 14.8 Å². The molecular formula is C19H26N2O5. The second-order valence-electron chi connectivity index (χ2n) is 6.66. The van der Waals surface area contributed by atoms with Crippen LogP contribution in [0.1, 0.15) is 32.8 Å². The largest absolute Gasteiger partial charge is 0.465 e. The summed E-state index contributed by atoms with van der Waals surface area (Å²) < 4.78 is 10.2. The summed E-state index contributed by atoms with van der Waals surface area (Å²) in [6.07, 6.45) is 0.455. The molecule has 1 heterocycles. The minimum atomic E-state index is -0.753. The molecule has 1 saturated heterocycles. The van der Waals surface area contributed by atoms with Gasteiger partial charge >= 0.3 is 11.9 Å². The lowest BCUT2D eigenvalue weighted by atomic mass is 10.0. The Morgan fingerprint density at radius 3 is 2.42 bits per heavy atom. The maximum Gasteiger partial charge on any atom is 0.328 e. The molecule has 0 saturated carbocycles. The molecule has 1 aliphatic rings. The van der Waals surface area contributed by atoms with E-state index in [1.54, 1.807) is 6.92 Å². The van der Waals surface area contributed by atoms with Crippen molar-refractivity contribution in [2.75, 3.05) is 6.61 Å². The molecule has 0 radical (unpaired) electrons. The molecule has 0 bridgehead atoms. The first-order valence-corrected chi connectivity index (χ1v) is 8.86. The van der Waals surface area contributed by atoms with E-state index < -0.39 is 36.0 Å². The van der Waals surface area contributed by atoms with E-state index in [9.17, 15) is 14.4 Å². The Labute approximate surface area is 153 Å². The second-order valence-corrected chi connectivity index (χ2v) is 6.66. The number of ether oxygens (including phenoxy) is 2. The van der Waals surface area contributed by atoms with Crippen molar-refractivity contribution in [3.05, 3.63) is 35.9 Å². The average molecular weight is 362 g/mol. The van der Waals surface area contributed by atoms with Gasteiger partial charge in [0.2, 0.25) is 5.91 Å². The summed E-state index contributed by atoms with van der Waals surface area (Å²) in [5.41, 5.74) is 0.877. The molecule has 26 heavy (non-hydrogen) atoms. The fourth-order valence-electron chi connectivity index (χ4n) is 2.58. The first kappa shape index (κ1) is 19.9. The Hall–Kier alpha value is -2.41. The van der Waals surface area contributed by atoms with Gasteiger partial charge in [-0.05, 0) is 24.8 Å². The van der Waals surface area contributed by atoms with Crippen molar-refractivity contribution in [1.82, 2.24) is 10.6 Å². The summed E-state index contributed by atoms with van der Waals surface area (Å²) in [5, 5.41) is 5.46. The van der Waals surface area contributed by atoms with Crippen LogP contribution in [0.3, 0.4) is 0 Å². The zero-order chi connectivity index (χ0) is 19.1. The van der Waals surface area contributed by atoms with Gasteiger partial charge in [-0.25, -0.2) is 4.79 Å². The predicted octanol–water partition coefficient (Wildman–Crippen LogP) is 1.16. The third kappa shape index (κ3) is 5.84. The molecule has 2 unspecified atom stereocenters. The number of carbonyl (C=O) groups excluding carboxylic acids is 3. The number of esters is 2. The van der Waals surface area contributed by atoms with E-state index in [1.165, 1.54) is 0 Å². The summed E-state index contributed by atoms with van der Waals surface area (Å²) in [6.45, 7) is 6.03. The molecule has 0 spiro atoms. The van der Waals surface area contributed by atoms with Gasteiger partial charge in [0.05, 0.1) is 6.61 Å². The Kier molecular flexibility index (Phi) is 7.15. The van der Waals surface area contributed by atoms with Crippen LogP contribution in [-0.2, 0) is 30.5 Å². The van der Waals surface area contributed by atoms with Crippen molar-refractivity contribution in [2.45, 2.75) is 51.9 Å². The van der Waals surface area contributed by atoms with E-state index in [2.05, 4.69) is 10.6 Å². The third-order valence-corrected chi connectivity index (χ3v) is 3.94. The maximum absolute atomic E-state index is 12.4. The lowest BCUT2D eigenvalue weighted by Crippen LogP contribution is -2.45. The molecule has 3 atom stereocenters. The quantitative estimate of drug-likeness (QED) is 0.505. The SMILES string of the molecule is CCOC(=O)C1NC1C(=O)N[C@@H](CC(C)C)C(=O)OCc1ccccc1.